The summed E-state index contributed by atoms with van der Waals surface area (Å²) >= 11 is 0. The van der Waals surface area contributed by atoms with Crippen LogP contribution in [-0.4, -0.2) is 26.6 Å². The molecule has 0 saturated heterocycles. The fourth-order valence-corrected chi connectivity index (χ4v) is 1.34. The van der Waals surface area contributed by atoms with Crippen molar-refractivity contribution in [2.24, 2.45) is 0 Å². The van der Waals surface area contributed by atoms with Gasteiger partial charge >= 0.3 is 0 Å². The Labute approximate surface area is 88.3 Å². The van der Waals surface area contributed by atoms with E-state index in [0.717, 1.165) is 11.3 Å². The third kappa shape index (κ3) is 4.25. The van der Waals surface area contributed by atoms with E-state index in [0.29, 0.717) is 13.0 Å². The normalized spacial score (nSPS) is 10.7. The third-order valence-electron chi connectivity index (χ3n) is 2.06. The highest BCUT2D eigenvalue weighted by molar-refractivity contribution is 5.33. The lowest BCUT2D eigenvalue weighted by Gasteiger charge is -2.08. The van der Waals surface area contributed by atoms with Crippen molar-refractivity contribution < 1.29 is 13.5 Å². The van der Waals surface area contributed by atoms with Crippen LogP contribution >= 0.6 is 0 Å². The Morgan fingerprint density at radius 3 is 2.73 bits per heavy atom. The van der Waals surface area contributed by atoms with E-state index < -0.39 is 6.43 Å². The Morgan fingerprint density at radius 1 is 1.33 bits per heavy atom. The molecule has 0 aromatic heterocycles. The van der Waals surface area contributed by atoms with Crippen molar-refractivity contribution in [1.29, 1.82) is 0 Å². The van der Waals surface area contributed by atoms with E-state index in [1.54, 1.807) is 7.11 Å². The maximum absolute atomic E-state index is 11.8. The van der Waals surface area contributed by atoms with Gasteiger partial charge in [0.2, 0.25) is 0 Å². The van der Waals surface area contributed by atoms with E-state index in [9.17, 15) is 8.78 Å². The molecule has 0 spiro atoms. The van der Waals surface area contributed by atoms with E-state index >= 15 is 0 Å². The van der Waals surface area contributed by atoms with Gasteiger partial charge in [0.25, 0.3) is 6.43 Å². The molecule has 2 nitrogen and oxygen atoms in total. The number of methoxy groups -OCH3 is 1. The van der Waals surface area contributed by atoms with E-state index in [2.05, 4.69) is 5.32 Å². The van der Waals surface area contributed by atoms with Gasteiger partial charge in [0.1, 0.15) is 5.75 Å². The molecule has 1 aromatic rings. The summed E-state index contributed by atoms with van der Waals surface area (Å²) in [6.45, 7) is 0.278. The number of rotatable bonds is 6. The highest BCUT2D eigenvalue weighted by Gasteiger charge is 2.03. The van der Waals surface area contributed by atoms with Crippen LogP contribution in [0.1, 0.15) is 5.56 Å². The standard InChI is InChI=1S/C11H15F2NO/c1-15-10-5-3-2-4-9(10)6-7-14-8-11(12)13/h2-5,11,14H,6-8H2,1H3. The summed E-state index contributed by atoms with van der Waals surface area (Å²) in [6.07, 6.45) is -1.60. The number of alkyl halides is 2. The fourth-order valence-electron chi connectivity index (χ4n) is 1.34. The van der Waals surface area contributed by atoms with Gasteiger partial charge in [-0.15, -0.1) is 0 Å². The Kier molecular flexibility index (Phi) is 5.04. The Balaban J connectivity index is 2.36. The van der Waals surface area contributed by atoms with Gasteiger partial charge < -0.3 is 10.1 Å². The maximum atomic E-state index is 11.8. The van der Waals surface area contributed by atoms with Crippen LogP contribution in [0.3, 0.4) is 0 Å². The van der Waals surface area contributed by atoms with Gasteiger partial charge in [0.05, 0.1) is 13.7 Å². The lowest BCUT2D eigenvalue weighted by molar-refractivity contribution is 0.146. The van der Waals surface area contributed by atoms with Gasteiger partial charge in [-0.1, -0.05) is 18.2 Å². The lowest BCUT2D eigenvalue weighted by Crippen LogP contribution is -2.23. The highest BCUT2D eigenvalue weighted by Crippen LogP contribution is 2.17. The first-order valence-electron chi connectivity index (χ1n) is 4.85. The van der Waals surface area contributed by atoms with Crippen molar-refractivity contribution in [3.63, 3.8) is 0 Å². The van der Waals surface area contributed by atoms with E-state index in [4.69, 9.17) is 4.74 Å². The Morgan fingerprint density at radius 2 is 2.07 bits per heavy atom. The monoisotopic (exact) mass is 215 g/mol. The minimum absolute atomic E-state index is 0.255. The smallest absolute Gasteiger partial charge is 0.250 e. The zero-order valence-corrected chi connectivity index (χ0v) is 8.67. The van der Waals surface area contributed by atoms with Crippen molar-refractivity contribution in [1.82, 2.24) is 5.32 Å². The number of ether oxygens (including phenoxy) is 1. The molecule has 0 aliphatic heterocycles. The molecule has 15 heavy (non-hydrogen) atoms. The molecule has 0 unspecified atom stereocenters. The fraction of sp³-hybridized carbons (Fsp3) is 0.455. The maximum Gasteiger partial charge on any atom is 0.250 e. The van der Waals surface area contributed by atoms with Crippen LogP contribution in [0.25, 0.3) is 0 Å². The van der Waals surface area contributed by atoms with E-state index in [1.807, 2.05) is 24.3 Å². The van der Waals surface area contributed by atoms with Crippen LogP contribution in [0.5, 0.6) is 5.75 Å². The SMILES string of the molecule is COc1ccccc1CCNCC(F)F. The van der Waals surface area contributed by atoms with Crippen LogP contribution < -0.4 is 10.1 Å². The first kappa shape index (κ1) is 11.9. The second-order valence-corrected chi connectivity index (χ2v) is 3.16. The molecule has 1 rings (SSSR count). The van der Waals surface area contributed by atoms with Crippen molar-refractivity contribution in [3.8, 4) is 5.75 Å². The molecule has 0 aliphatic rings. The van der Waals surface area contributed by atoms with Crippen molar-refractivity contribution in [2.75, 3.05) is 20.2 Å². The van der Waals surface area contributed by atoms with Crippen LogP contribution in [0.15, 0.2) is 24.3 Å². The molecule has 84 valence electrons. The molecule has 0 aliphatic carbocycles. The minimum Gasteiger partial charge on any atom is -0.496 e. The summed E-state index contributed by atoms with van der Waals surface area (Å²) in [4.78, 5) is 0. The number of benzene rings is 1. The zero-order chi connectivity index (χ0) is 11.1. The van der Waals surface area contributed by atoms with E-state index in [-0.39, 0.29) is 6.54 Å². The van der Waals surface area contributed by atoms with Crippen molar-refractivity contribution in [3.05, 3.63) is 29.8 Å². The van der Waals surface area contributed by atoms with Gasteiger partial charge in [-0.2, -0.15) is 0 Å². The van der Waals surface area contributed by atoms with Crippen LogP contribution in [0, 0.1) is 0 Å². The van der Waals surface area contributed by atoms with Gasteiger partial charge in [-0.25, -0.2) is 8.78 Å². The average Bonchev–Trinajstić information content (AvgIpc) is 2.24. The summed E-state index contributed by atoms with van der Waals surface area (Å²) < 4.78 is 28.8. The summed E-state index contributed by atoms with van der Waals surface area (Å²) in [5.41, 5.74) is 1.03. The molecule has 1 N–H and O–H groups in total. The predicted octanol–water partition coefficient (Wildman–Crippen LogP) is 2.09. The summed E-state index contributed by atoms with van der Waals surface area (Å²) in [5.74, 6) is 0.802. The third-order valence-corrected chi connectivity index (χ3v) is 2.06. The van der Waals surface area contributed by atoms with Crippen molar-refractivity contribution in [2.45, 2.75) is 12.8 Å². The Bertz CT molecular complexity index is 292. The predicted molar refractivity (Wildman–Crippen MR) is 55.6 cm³/mol. The Hall–Kier alpha value is -1.16. The number of para-hydroxylation sites is 1. The minimum atomic E-state index is -2.29. The molecular formula is C11H15F2NO. The summed E-state index contributed by atoms with van der Waals surface area (Å²) in [6, 6.07) is 7.59. The van der Waals surface area contributed by atoms with Gasteiger partial charge in [0, 0.05) is 0 Å². The molecule has 0 atom stereocenters. The van der Waals surface area contributed by atoms with E-state index in [1.165, 1.54) is 0 Å². The van der Waals surface area contributed by atoms with Gasteiger partial charge in [-0.05, 0) is 24.6 Å². The molecule has 4 heteroatoms. The highest BCUT2D eigenvalue weighted by atomic mass is 19.3. The van der Waals surface area contributed by atoms with Crippen LogP contribution in [0.2, 0.25) is 0 Å². The van der Waals surface area contributed by atoms with Gasteiger partial charge in [-0.3, -0.25) is 0 Å². The number of nitrogens with one attached hydrogen (secondary N) is 1. The molecule has 0 heterocycles. The summed E-state index contributed by atoms with van der Waals surface area (Å²) in [5, 5.41) is 2.68. The number of hydrogen-bond donors (Lipinski definition) is 1. The van der Waals surface area contributed by atoms with Crippen LogP contribution in [-0.2, 0) is 6.42 Å². The largest absolute Gasteiger partial charge is 0.496 e. The average molecular weight is 215 g/mol. The van der Waals surface area contributed by atoms with Crippen molar-refractivity contribution >= 4 is 0 Å². The topological polar surface area (TPSA) is 21.3 Å². The second-order valence-electron chi connectivity index (χ2n) is 3.16. The summed E-state index contributed by atoms with van der Waals surface area (Å²) in [7, 11) is 1.60. The first-order valence-corrected chi connectivity index (χ1v) is 4.85. The molecule has 0 saturated carbocycles. The molecular weight excluding hydrogens is 200 g/mol. The second kappa shape index (κ2) is 6.35. The number of hydrogen-bond acceptors (Lipinski definition) is 2. The quantitative estimate of drug-likeness (QED) is 0.734. The zero-order valence-electron chi connectivity index (χ0n) is 8.67. The molecule has 0 radical (unpaired) electrons. The first-order chi connectivity index (χ1) is 7.24. The lowest BCUT2D eigenvalue weighted by atomic mass is 10.1. The van der Waals surface area contributed by atoms with Gasteiger partial charge in [0.15, 0.2) is 0 Å². The molecule has 0 amide bonds. The number of halogens is 2. The molecule has 0 fully saturated rings. The van der Waals surface area contributed by atoms with Crippen LogP contribution in [0.4, 0.5) is 8.78 Å². The molecule has 0 bridgehead atoms. The molecule has 1 aromatic carbocycles.